The van der Waals surface area contributed by atoms with Crippen LogP contribution in [0.2, 0.25) is 0 Å². The molecule has 0 N–H and O–H groups in total. The lowest BCUT2D eigenvalue weighted by Gasteiger charge is -2.09. The van der Waals surface area contributed by atoms with E-state index in [-0.39, 0.29) is 0 Å². The molecule has 130 valence electrons. The number of hydrogen-bond acceptors (Lipinski definition) is 4. The number of aryl methyl sites for hydroxylation is 1. The maximum Gasteiger partial charge on any atom is 0.123 e. The standard InChI is InChI=1S/C21H24N2OS/c1-23(2)14-4-5-16-6-8-17(9-7-16)20-15-22-21(25-20)18-10-12-19(24-3)13-11-18/h6-13,15H,4-5,14H2,1-3H3. The van der Waals surface area contributed by atoms with E-state index >= 15 is 0 Å². The van der Waals surface area contributed by atoms with E-state index in [1.165, 1.54) is 22.4 Å². The molecule has 0 aliphatic carbocycles. The molecule has 2 aromatic carbocycles. The third-order valence-electron chi connectivity index (χ3n) is 4.15. The molecule has 0 radical (unpaired) electrons. The highest BCUT2D eigenvalue weighted by Crippen LogP contribution is 2.32. The zero-order valence-electron chi connectivity index (χ0n) is 15.0. The van der Waals surface area contributed by atoms with Gasteiger partial charge in [0.1, 0.15) is 10.8 Å². The first-order chi connectivity index (χ1) is 12.2. The molecule has 0 unspecified atom stereocenters. The summed E-state index contributed by atoms with van der Waals surface area (Å²) in [5.41, 5.74) is 3.75. The summed E-state index contributed by atoms with van der Waals surface area (Å²) >= 11 is 1.72. The summed E-state index contributed by atoms with van der Waals surface area (Å²) in [6.07, 6.45) is 4.28. The van der Waals surface area contributed by atoms with Crippen molar-refractivity contribution in [1.82, 2.24) is 9.88 Å². The van der Waals surface area contributed by atoms with Crippen LogP contribution < -0.4 is 4.74 Å². The lowest BCUT2D eigenvalue weighted by Crippen LogP contribution is -2.13. The molecule has 0 bridgehead atoms. The van der Waals surface area contributed by atoms with Crippen molar-refractivity contribution in [2.75, 3.05) is 27.7 Å². The van der Waals surface area contributed by atoms with Gasteiger partial charge >= 0.3 is 0 Å². The highest BCUT2D eigenvalue weighted by atomic mass is 32.1. The Morgan fingerprint density at radius 1 is 0.960 bits per heavy atom. The third kappa shape index (κ3) is 4.68. The molecular formula is C21H24N2OS. The van der Waals surface area contributed by atoms with Gasteiger partial charge in [0.05, 0.1) is 12.0 Å². The van der Waals surface area contributed by atoms with Gasteiger partial charge in [0.2, 0.25) is 0 Å². The fourth-order valence-electron chi connectivity index (χ4n) is 2.71. The minimum atomic E-state index is 0.866. The quantitative estimate of drug-likeness (QED) is 0.600. The van der Waals surface area contributed by atoms with Crippen molar-refractivity contribution in [2.45, 2.75) is 12.8 Å². The van der Waals surface area contributed by atoms with Crippen LogP contribution >= 0.6 is 11.3 Å². The average Bonchev–Trinajstić information content (AvgIpc) is 3.12. The summed E-state index contributed by atoms with van der Waals surface area (Å²) in [5, 5.41) is 1.03. The normalized spacial score (nSPS) is 11.0. The Labute approximate surface area is 153 Å². The monoisotopic (exact) mass is 352 g/mol. The number of hydrogen-bond donors (Lipinski definition) is 0. The van der Waals surface area contributed by atoms with Gasteiger partial charge in [0.25, 0.3) is 0 Å². The molecule has 0 aliphatic rings. The zero-order chi connectivity index (χ0) is 17.6. The second-order valence-electron chi connectivity index (χ2n) is 6.36. The minimum absolute atomic E-state index is 0.866. The van der Waals surface area contributed by atoms with Crippen LogP contribution in [0.15, 0.2) is 54.7 Å². The van der Waals surface area contributed by atoms with Crippen LogP contribution in [0.1, 0.15) is 12.0 Å². The molecule has 0 atom stereocenters. The van der Waals surface area contributed by atoms with Crippen molar-refractivity contribution < 1.29 is 4.74 Å². The molecule has 25 heavy (non-hydrogen) atoms. The van der Waals surface area contributed by atoms with Gasteiger partial charge in [-0.25, -0.2) is 4.98 Å². The number of methoxy groups -OCH3 is 1. The predicted molar refractivity (Wildman–Crippen MR) is 106 cm³/mol. The number of rotatable bonds is 7. The molecule has 0 amide bonds. The largest absolute Gasteiger partial charge is 0.497 e. The highest BCUT2D eigenvalue weighted by Gasteiger charge is 2.07. The Morgan fingerprint density at radius 2 is 1.64 bits per heavy atom. The van der Waals surface area contributed by atoms with Crippen molar-refractivity contribution in [3.05, 3.63) is 60.3 Å². The number of ether oxygens (including phenoxy) is 1. The van der Waals surface area contributed by atoms with Crippen LogP contribution in [0.5, 0.6) is 5.75 Å². The number of nitrogens with zero attached hydrogens (tertiary/aromatic N) is 2. The fraction of sp³-hybridized carbons (Fsp3) is 0.286. The maximum absolute atomic E-state index is 5.21. The van der Waals surface area contributed by atoms with Gasteiger partial charge < -0.3 is 9.64 Å². The molecule has 3 aromatic rings. The molecule has 0 saturated carbocycles. The first-order valence-corrected chi connectivity index (χ1v) is 9.31. The minimum Gasteiger partial charge on any atom is -0.497 e. The maximum atomic E-state index is 5.21. The average molecular weight is 353 g/mol. The van der Waals surface area contributed by atoms with Gasteiger partial charge in [0, 0.05) is 11.8 Å². The summed E-state index contributed by atoms with van der Waals surface area (Å²) in [4.78, 5) is 8.01. The van der Waals surface area contributed by atoms with Crippen molar-refractivity contribution in [3.8, 4) is 26.8 Å². The second kappa shape index (κ2) is 8.28. The van der Waals surface area contributed by atoms with Crippen molar-refractivity contribution >= 4 is 11.3 Å². The first-order valence-electron chi connectivity index (χ1n) is 8.50. The Kier molecular flexibility index (Phi) is 5.84. The van der Waals surface area contributed by atoms with Crippen LogP contribution in [-0.2, 0) is 6.42 Å². The van der Waals surface area contributed by atoms with E-state index in [1.807, 2.05) is 18.3 Å². The summed E-state index contributed by atoms with van der Waals surface area (Å²) in [7, 11) is 5.92. The van der Waals surface area contributed by atoms with Crippen molar-refractivity contribution in [1.29, 1.82) is 0 Å². The van der Waals surface area contributed by atoms with E-state index in [4.69, 9.17) is 4.74 Å². The first kappa shape index (κ1) is 17.6. The second-order valence-corrected chi connectivity index (χ2v) is 7.39. The highest BCUT2D eigenvalue weighted by molar-refractivity contribution is 7.18. The molecular weight excluding hydrogens is 328 g/mol. The Hall–Kier alpha value is -2.17. The molecule has 3 rings (SSSR count). The van der Waals surface area contributed by atoms with Crippen molar-refractivity contribution in [2.24, 2.45) is 0 Å². The molecule has 1 heterocycles. The van der Waals surface area contributed by atoms with E-state index in [0.29, 0.717) is 0 Å². The number of aromatic nitrogens is 1. The topological polar surface area (TPSA) is 25.4 Å². The lowest BCUT2D eigenvalue weighted by molar-refractivity contribution is 0.400. The van der Waals surface area contributed by atoms with Gasteiger partial charge in [-0.2, -0.15) is 0 Å². The van der Waals surface area contributed by atoms with E-state index in [0.717, 1.165) is 29.3 Å². The van der Waals surface area contributed by atoms with Gasteiger partial charge in [0.15, 0.2) is 0 Å². The van der Waals surface area contributed by atoms with E-state index in [2.05, 4.69) is 60.4 Å². The van der Waals surface area contributed by atoms with Crippen LogP contribution in [0.25, 0.3) is 21.0 Å². The molecule has 0 fully saturated rings. The van der Waals surface area contributed by atoms with Gasteiger partial charge in [-0.3, -0.25) is 0 Å². The SMILES string of the molecule is COc1ccc(-c2ncc(-c3ccc(CCCN(C)C)cc3)s2)cc1. The number of benzene rings is 2. The van der Waals surface area contributed by atoms with Gasteiger partial charge in [-0.05, 0) is 68.9 Å². The summed E-state index contributed by atoms with van der Waals surface area (Å²) in [6.45, 7) is 1.13. The van der Waals surface area contributed by atoms with Crippen LogP contribution in [0.3, 0.4) is 0 Å². The van der Waals surface area contributed by atoms with Crippen molar-refractivity contribution in [3.63, 3.8) is 0 Å². The molecule has 0 saturated heterocycles. The zero-order valence-corrected chi connectivity index (χ0v) is 15.8. The Bertz CT molecular complexity index is 792. The molecule has 0 spiro atoms. The Balaban J connectivity index is 1.69. The van der Waals surface area contributed by atoms with E-state index in [1.54, 1.807) is 18.4 Å². The van der Waals surface area contributed by atoms with Crippen LogP contribution in [0, 0.1) is 0 Å². The molecule has 1 aromatic heterocycles. The summed E-state index contributed by atoms with van der Waals surface area (Å²) in [5.74, 6) is 0.866. The van der Waals surface area contributed by atoms with E-state index < -0.39 is 0 Å². The summed E-state index contributed by atoms with van der Waals surface area (Å²) < 4.78 is 5.21. The molecule has 0 aliphatic heterocycles. The third-order valence-corrected chi connectivity index (χ3v) is 5.25. The van der Waals surface area contributed by atoms with Gasteiger partial charge in [-0.15, -0.1) is 11.3 Å². The lowest BCUT2D eigenvalue weighted by atomic mass is 10.1. The van der Waals surface area contributed by atoms with E-state index in [9.17, 15) is 0 Å². The Morgan fingerprint density at radius 3 is 2.28 bits per heavy atom. The van der Waals surface area contributed by atoms with Gasteiger partial charge in [-0.1, -0.05) is 24.3 Å². The smallest absolute Gasteiger partial charge is 0.123 e. The van der Waals surface area contributed by atoms with Crippen LogP contribution in [-0.4, -0.2) is 37.6 Å². The summed E-state index contributed by atoms with van der Waals surface area (Å²) in [6, 6.07) is 16.9. The predicted octanol–water partition coefficient (Wildman–Crippen LogP) is 4.98. The number of thiazole rings is 1. The van der Waals surface area contributed by atoms with Crippen LogP contribution in [0.4, 0.5) is 0 Å². The fourth-order valence-corrected chi connectivity index (χ4v) is 3.64. The molecule has 3 nitrogen and oxygen atoms in total. The molecule has 4 heteroatoms.